The van der Waals surface area contributed by atoms with Crippen LogP contribution in [0.2, 0.25) is 0 Å². The van der Waals surface area contributed by atoms with Crippen molar-refractivity contribution in [2.45, 2.75) is 50.7 Å². The molecular weight excluding hydrogens is 292 g/mol. The molecule has 0 saturated heterocycles. The third kappa shape index (κ3) is 7.48. The summed E-state index contributed by atoms with van der Waals surface area (Å²) in [6, 6.07) is 10.3. The molecule has 5 nitrogen and oxygen atoms in total. The lowest BCUT2D eigenvalue weighted by Gasteiger charge is -2.26. The van der Waals surface area contributed by atoms with Gasteiger partial charge in [0.15, 0.2) is 0 Å². The second-order valence-corrected chi connectivity index (χ2v) is 6.11. The summed E-state index contributed by atoms with van der Waals surface area (Å²) in [4.78, 5) is 11.7. The first-order chi connectivity index (χ1) is 11.2. The summed E-state index contributed by atoms with van der Waals surface area (Å²) in [5.74, 6) is 0. The molecule has 1 fully saturated rings. The Balaban J connectivity index is 1.43. The maximum absolute atomic E-state index is 11.7. The lowest BCUT2D eigenvalue weighted by molar-refractivity contribution is 0.117. The SMILES string of the molecule is O=C(NCCCOCCc1ccccc1)NC1CCC(O)CC1. The number of rotatable bonds is 8. The molecule has 0 atom stereocenters. The summed E-state index contributed by atoms with van der Waals surface area (Å²) in [6.07, 6.45) is 4.81. The smallest absolute Gasteiger partial charge is 0.315 e. The van der Waals surface area contributed by atoms with E-state index in [1.807, 2.05) is 18.2 Å². The molecular formula is C18H28N2O3. The molecule has 3 N–H and O–H groups in total. The van der Waals surface area contributed by atoms with Crippen LogP contribution >= 0.6 is 0 Å². The lowest BCUT2D eigenvalue weighted by atomic mass is 9.93. The van der Waals surface area contributed by atoms with Crippen LogP contribution in [-0.4, -0.2) is 43.0 Å². The largest absolute Gasteiger partial charge is 0.393 e. The highest BCUT2D eigenvalue weighted by atomic mass is 16.5. The van der Waals surface area contributed by atoms with Gasteiger partial charge in [-0.3, -0.25) is 0 Å². The Morgan fingerprint density at radius 3 is 2.61 bits per heavy atom. The number of benzene rings is 1. The highest BCUT2D eigenvalue weighted by Crippen LogP contribution is 2.17. The Bertz CT molecular complexity index is 445. The van der Waals surface area contributed by atoms with Crippen molar-refractivity contribution in [3.8, 4) is 0 Å². The molecule has 128 valence electrons. The first-order valence-electron chi connectivity index (χ1n) is 8.58. The van der Waals surface area contributed by atoms with Crippen LogP contribution in [0.4, 0.5) is 4.79 Å². The van der Waals surface area contributed by atoms with Crippen LogP contribution in [0, 0.1) is 0 Å². The minimum Gasteiger partial charge on any atom is -0.393 e. The van der Waals surface area contributed by atoms with Crippen molar-refractivity contribution in [1.29, 1.82) is 0 Å². The van der Waals surface area contributed by atoms with Gasteiger partial charge in [-0.25, -0.2) is 4.79 Å². The van der Waals surface area contributed by atoms with Crippen molar-refractivity contribution in [1.82, 2.24) is 10.6 Å². The molecule has 1 aliphatic carbocycles. The zero-order chi connectivity index (χ0) is 16.3. The van der Waals surface area contributed by atoms with Crippen LogP contribution < -0.4 is 10.6 Å². The number of hydrogen-bond donors (Lipinski definition) is 3. The fourth-order valence-electron chi connectivity index (χ4n) is 2.77. The van der Waals surface area contributed by atoms with E-state index < -0.39 is 0 Å². The van der Waals surface area contributed by atoms with Crippen molar-refractivity contribution < 1.29 is 14.6 Å². The Morgan fingerprint density at radius 1 is 1.13 bits per heavy atom. The average Bonchev–Trinajstić information content (AvgIpc) is 2.57. The third-order valence-electron chi connectivity index (χ3n) is 4.16. The molecule has 0 radical (unpaired) electrons. The van der Waals surface area contributed by atoms with E-state index in [4.69, 9.17) is 4.74 Å². The minimum absolute atomic E-state index is 0.115. The second kappa shape index (κ2) is 10.2. The number of hydrogen-bond acceptors (Lipinski definition) is 3. The summed E-state index contributed by atoms with van der Waals surface area (Å²) in [7, 11) is 0. The molecule has 1 aromatic carbocycles. The molecule has 2 rings (SSSR count). The first-order valence-corrected chi connectivity index (χ1v) is 8.58. The van der Waals surface area contributed by atoms with Crippen LogP contribution in [0.3, 0.4) is 0 Å². The summed E-state index contributed by atoms with van der Waals surface area (Å²) >= 11 is 0. The summed E-state index contributed by atoms with van der Waals surface area (Å²) < 4.78 is 5.58. The van der Waals surface area contributed by atoms with Crippen LogP contribution in [0.15, 0.2) is 30.3 Å². The van der Waals surface area contributed by atoms with Gasteiger partial charge in [-0.05, 0) is 44.1 Å². The van der Waals surface area contributed by atoms with E-state index in [9.17, 15) is 9.90 Å². The summed E-state index contributed by atoms with van der Waals surface area (Å²) in [5, 5.41) is 15.3. The van der Waals surface area contributed by atoms with E-state index in [2.05, 4.69) is 22.8 Å². The highest BCUT2D eigenvalue weighted by molar-refractivity contribution is 5.74. The summed E-state index contributed by atoms with van der Waals surface area (Å²) in [5.41, 5.74) is 1.28. The van der Waals surface area contributed by atoms with Gasteiger partial charge in [-0.15, -0.1) is 0 Å². The Kier molecular flexibility index (Phi) is 7.90. The van der Waals surface area contributed by atoms with Crippen LogP contribution in [0.25, 0.3) is 0 Å². The Morgan fingerprint density at radius 2 is 1.87 bits per heavy atom. The number of amides is 2. The highest BCUT2D eigenvalue weighted by Gasteiger charge is 2.20. The van der Waals surface area contributed by atoms with Gasteiger partial charge in [-0.1, -0.05) is 30.3 Å². The van der Waals surface area contributed by atoms with Crippen molar-refractivity contribution in [2.24, 2.45) is 0 Å². The molecule has 0 spiro atoms. The molecule has 0 aliphatic heterocycles. The maximum atomic E-state index is 11.7. The molecule has 5 heteroatoms. The van der Waals surface area contributed by atoms with E-state index in [0.29, 0.717) is 19.8 Å². The van der Waals surface area contributed by atoms with Gasteiger partial charge >= 0.3 is 6.03 Å². The Labute approximate surface area is 138 Å². The van der Waals surface area contributed by atoms with Gasteiger partial charge in [0.05, 0.1) is 12.7 Å². The summed E-state index contributed by atoms with van der Waals surface area (Å²) in [6.45, 7) is 1.98. The van der Waals surface area contributed by atoms with E-state index in [1.165, 1.54) is 5.56 Å². The maximum Gasteiger partial charge on any atom is 0.315 e. The van der Waals surface area contributed by atoms with Gasteiger partial charge in [-0.2, -0.15) is 0 Å². The van der Waals surface area contributed by atoms with Crippen molar-refractivity contribution in [2.75, 3.05) is 19.8 Å². The van der Waals surface area contributed by atoms with Crippen LogP contribution in [-0.2, 0) is 11.2 Å². The van der Waals surface area contributed by atoms with Crippen LogP contribution in [0.1, 0.15) is 37.7 Å². The van der Waals surface area contributed by atoms with Gasteiger partial charge in [0, 0.05) is 19.2 Å². The number of aliphatic hydroxyl groups excluding tert-OH is 1. The number of aliphatic hydroxyl groups is 1. The van der Waals surface area contributed by atoms with Gasteiger partial charge in [0.2, 0.25) is 0 Å². The third-order valence-corrected chi connectivity index (χ3v) is 4.16. The fourth-order valence-corrected chi connectivity index (χ4v) is 2.77. The molecule has 1 aliphatic rings. The van der Waals surface area contributed by atoms with Crippen molar-refractivity contribution in [3.05, 3.63) is 35.9 Å². The first kappa shape index (κ1) is 17.8. The fraction of sp³-hybridized carbons (Fsp3) is 0.611. The number of carbonyl (C=O) groups excluding carboxylic acids is 1. The second-order valence-electron chi connectivity index (χ2n) is 6.11. The molecule has 0 aromatic heterocycles. The quantitative estimate of drug-likeness (QED) is 0.643. The topological polar surface area (TPSA) is 70.6 Å². The van der Waals surface area contributed by atoms with Crippen molar-refractivity contribution in [3.63, 3.8) is 0 Å². The number of carbonyl (C=O) groups is 1. The molecule has 0 bridgehead atoms. The van der Waals surface area contributed by atoms with Crippen molar-refractivity contribution >= 4 is 6.03 Å². The molecule has 23 heavy (non-hydrogen) atoms. The average molecular weight is 320 g/mol. The van der Waals surface area contributed by atoms with Gasteiger partial charge in [0.25, 0.3) is 0 Å². The monoisotopic (exact) mass is 320 g/mol. The Hall–Kier alpha value is -1.59. The molecule has 1 aromatic rings. The molecule has 1 saturated carbocycles. The predicted molar refractivity (Wildman–Crippen MR) is 90.4 cm³/mol. The number of ether oxygens (including phenoxy) is 1. The van der Waals surface area contributed by atoms with E-state index in [1.54, 1.807) is 0 Å². The predicted octanol–water partition coefficient (Wildman–Crippen LogP) is 2.24. The zero-order valence-electron chi connectivity index (χ0n) is 13.7. The van der Waals surface area contributed by atoms with E-state index in [0.717, 1.165) is 38.5 Å². The number of nitrogens with one attached hydrogen (secondary N) is 2. The van der Waals surface area contributed by atoms with E-state index in [-0.39, 0.29) is 18.2 Å². The molecule has 2 amide bonds. The van der Waals surface area contributed by atoms with E-state index >= 15 is 0 Å². The van der Waals surface area contributed by atoms with Gasteiger partial charge < -0.3 is 20.5 Å². The molecule has 0 heterocycles. The minimum atomic E-state index is -0.191. The lowest BCUT2D eigenvalue weighted by Crippen LogP contribution is -2.44. The molecule has 0 unspecified atom stereocenters. The standard InChI is InChI=1S/C18H28N2O3/c21-17-9-7-16(8-10-17)20-18(22)19-12-4-13-23-14-11-15-5-2-1-3-6-15/h1-3,5-6,16-17,21H,4,7-14H2,(H2,19,20,22). The van der Waals surface area contributed by atoms with Gasteiger partial charge in [0.1, 0.15) is 0 Å². The number of urea groups is 1. The normalized spacial score (nSPS) is 20.9. The zero-order valence-corrected chi connectivity index (χ0v) is 13.7. The van der Waals surface area contributed by atoms with Crippen LogP contribution in [0.5, 0.6) is 0 Å².